The van der Waals surface area contributed by atoms with Crippen LogP contribution in [0.15, 0.2) is 22.8 Å². The van der Waals surface area contributed by atoms with E-state index in [1.165, 1.54) is 7.11 Å². The molecular formula is C10H9BrClNO2. The molecule has 0 aliphatic carbocycles. The average molecular weight is 291 g/mol. The SMILES string of the molecule is COC(=O)CC=Cc1cc(Cl)ncc1Br. The summed E-state index contributed by atoms with van der Waals surface area (Å²) in [7, 11) is 1.36. The van der Waals surface area contributed by atoms with Gasteiger partial charge in [-0.2, -0.15) is 0 Å². The molecule has 0 aliphatic heterocycles. The van der Waals surface area contributed by atoms with E-state index in [1.54, 1.807) is 24.4 Å². The van der Waals surface area contributed by atoms with Crippen molar-refractivity contribution in [2.75, 3.05) is 7.11 Å². The number of ether oxygens (including phenoxy) is 1. The Bertz CT molecular complexity index is 393. The molecule has 0 spiro atoms. The van der Waals surface area contributed by atoms with Gasteiger partial charge in [0.25, 0.3) is 0 Å². The summed E-state index contributed by atoms with van der Waals surface area (Å²) < 4.78 is 5.33. The Kier molecular flexibility index (Phi) is 4.78. The van der Waals surface area contributed by atoms with E-state index < -0.39 is 0 Å². The average Bonchev–Trinajstić information content (AvgIpc) is 2.23. The van der Waals surface area contributed by atoms with E-state index in [4.69, 9.17) is 11.6 Å². The van der Waals surface area contributed by atoms with Crippen molar-refractivity contribution >= 4 is 39.6 Å². The fourth-order valence-corrected chi connectivity index (χ4v) is 1.44. The quantitative estimate of drug-likeness (QED) is 0.634. The molecule has 0 amide bonds. The highest BCUT2D eigenvalue weighted by Crippen LogP contribution is 2.20. The maximum absolute atomic E-state index is 10.8. The first kappa shape index (κ1) is 12.2. The number of hydrogen-bond acceptors (Lipinski definition) is 3. The van der Waals surface area contributed by atoms with Crippen molar-refractivity contribution in [3.63, 3.8) is 0 Å². The maximum Gasteiger partial charge on any atom is 0.309 e. The van der Waals surface area contributed by atoms with Gasteiger partial charge in [-0.25, -0.2) is 4.98 Å². The second-order valence-electron chi connectivity index (χ2n) is 2.71. The molecule has 0 bridgehead atoms. The third-order valence-electron chi connectivity index (χ3n) is 1.66. The lowest BCUT2D eigenvalue weighted by molar-refractivity contribution is -0.139. The molecule has 1 aromatic rings. The predicted octanol–water partition coefficient (Wildman–Crippen LogP) is 3.07. The van der Waals surface area contributed by atoms with E-state index in [-0.39, 0.29) is 12.4 Å². The molecule has 0 radical (unpaired) electrons. The van der Waals surface area contributed by atoms with Gasteiger partial charge in [0.05, 0.1) is 13.5 Å². The number of nitrogens with zero attached hydrogens (tertiary/aromatic N) is 1. The summed E-state index contributed by atoms with van der Waals surface area (Å²) in [6.45, 7) is 0. The van der Waals surface area contributed by atoms with Crippen molar-refractivity contribution in [2.45, 2.75) is 6.42 Å². The van der Waals surface area contributed by atoms with E-state index >= 15 is 0 Å². The van der Waals surface area contributed by atoms with Crippen LogP contribution in [-0.4, -0.2) is 18.1 Å². The molecule has 1 rings (SSSR count). The molecule has 5 heteroatoms. The zero-order chi connectivity index (χ0) is 11.3. The standard InChI is InChI=1S/C10H9BrClNO2/c1-15-10(14)4-2-3-7-5-9(12)13-6-8(7)11/h2-3,5-6H,4H2,1H3. The lowest BCUT2D eigenvalue weighted by Crippen LogP contribution is -1.96. The van der Waals surface area contributed by atoms with Crippen molar-refractivity contribution < 1.29 is 9.53 Å². The van der Waals surface area contributed by atoms with Crippen LogP contribution in [0.25, 0.3) is 6.08 Å². The van der Waals surface area contributed by atoms with Gasteiger partial charge in [-0.1, -0.05) is 23.8 Å². The zero-order valence-corrected chi connectivity index (χ0v) is 10.4. The van der Waals surface area contributed by atoms with Gasteiger partial charge < -0.3 is 4.74 Å². The van der Waals surface area contributed by atoms with Crippen molar-refractivity contribution in [1.29, 1.82) is 0 Å². The van der Waals surface area contributed by atoms with Crippen LogP contribution in [0.4, 0.5) is 0 Å². The highest BCUT2D eigenvalue weighted by atomic mass is 79.9. The van der Waals surface area contributed by atoms with Gasteiger partial charge in [-0.15, -0.1) is 0 Å². The Balaban J connectivity index is 2.71. The van der Waals surface area contributed by atoms with Gasteiger partial charge >= 0.3 is 5.97 Å². The predicted molar refractivity (Wildman–Crippen MR) is 62.6 cm³/mol. The molecule has 0 aromatic carbocycles. The molecular weight excluding hydrogens is 281 g/mol. The molecule has 3 nitrogen and oxygen atoms in total. The lowest BCUT2D eigenvalue weighted by Gasteiger charge is -1.98. The molecule has 0 aliphatic rings. The number of halogens is 2. The third kappa shape index (κ3) is 4.01. The summed E-state index contributed by atoms with van der Waals surface area (Å²) in [5.41, 5.74) is 0.874. The fraction of sp³-hybridized carbons (Fsp3) is 0.200. The van der Waals surface area contributed by atoms with Crippen molar-refractivity contribution in [3.8, 4) is 0 Å². The lowest BCUT2D eigenvalue weighted by atomic mass is 10.2. The van der Waals surface area contributed by atoms with Crippen LogP contribution in [0, 0.1) is 0 Å². The summed E-state index contributed by atoms with van der Waals surface area (Å²) in [6, 6.07) is 1.71. The maximum atomic E-state index is 10.8. The van der Waals surface area contributed by atoms with Crippen LogP contribution >= 0.6 is 27.5 Å². The highest BCUT2D eigenvalue weighted by Gasteiger charge is 1.99. The largest absolute Gasteiger partial charge is 0.469 e. The molecule has 0 unspecified atom stereocenters. The Hall–Kier alpha value is -0.870. The van der Waals surface area contributed by atoms with Crippen LogP contribution in [0.1, 0.15) is 12.0 Å². The monoisotopic (exact) mass is 289 g/mol. The van der Waals surface area contributed by atoms with Crippen LogP contribution in [-0.2, 0) is 9.53 Å². The molecule has 0 N–H and O–H groups in total. The second-order valence-corrected chi connectivity index (χ2v) is 3.95. The minimum absolute atomic E-state index is 0.239. The van der Waals surface area contributed by atoms with Crippen molar-refractivity contribution in [3.05, 3.63) is 33.5 Å². The highest BCUT2D eigenvalue weighted by molar-refractivity contribution is 9.10. The van der Waals surface area contributed by atoms with E-state index in [2.05, 4.69) is 25.7 Å². The number of carbonyl (C=O) groups excluding carboxylic acids is 1. The van der Waals surface area contributed by atoms with Gasteiger partial charge in [0.1, 0.15) is 5.15 Å². The molecule has 15 heavy (non-hydrogen) atoms. The first-order valence-corrected chi connectivity index (χ1v) is 5.35. The Labute approximate surface area is 101 Å². The van der Waals surface area contributed by atoms with E-state index in [0.29, 0.717) is 5.15 Å². The number of pyridine rings is 1. The zero-order valence-electron chi connectivity index (χ0n) is 8.04. The van der Waals surface area contributed by atoms with Crippen molar-refractivity contribution in [2.24, 2.45) is 0 Å². The molecule has 0 saturated heterocycles. The van der Waals surface area contributed by atoms with Gasteiger partial charge in [0.15, 0.2) is 0 Å². The smallest absolute Gasteiger partial charge is 0.309 e. The second kappa shape index (κ2) is 5.88. The molecule has 0 atom stereocenters. The van der Waals surface area contributed by atoms with Crippen LogP contribution in [0.5, 0.6) is 0 Å². The minimum Gasteiger partial charge on any atom is -0.469 e. The molecule has 0 fully saturated rings. The van der Waals surface area contributed by atoms with E-state index in [0.717, 1.165) is 10.0 Å². The third-order valence-corrected chi connectivity index (χ3v) is 2.53. The number of rotatable bonds is 3. The number of esters is 1. The van der Waals surface area contributed by atoms with E-state index in [1.807, 2.05) is 0 Å². The van der Waals surface area contributed by atoms with Gasteiger partial charge in [-0.05, 0) is 27.6 Å². The van der Waals surface area contributed by atoms with Crippen LogP contribution in [0.3, 0.4) is 0 Å². The Morgan fingerprint density at radius 3 is 3.13 bits per heavy atom. The Morgan fingerprint density at radius 1 is 1.73 bits per heavy atom. The van der Waals surface area contributed by atoms with E-state index in [9.17, 15) is 4.79 Å². The summed E-state index contributed by atoms with van der Waals surface area (Å²) in [5, 5.41) is 0.413. The van der Waals surface area contributed by atoms with Gasteiger partial charge in [-0.3, -0.25) is 4.79 Å². The molecule has 1 heterocycles. The molecule has 0 saturated carbocycles. The van der Waals surface area contributed by atoms with Gasteiger partial charge in [0, 0.05) is 10.7 Å². The summed E-state index contributed by atoms with van der Waals surface area (Å²) in [6.07, 6.45) is 5.35. The number of methoxy groups -OCH3 is 1. The molecule has 1 aromatic heterocycles. The topological polar surface area (TPSA) is 39.2 Å². The fourth-order valence-electron chi connectivity index (χ4n) is 0.921. The minimum atomic E-state index is -0.275. The van der Waals surface area contributed by atoms with Crippen LogP contribution < -0.4 is 0 Å². The van der Waals surface area contributed by atoms with Crippen molar-refractivity contribution in [1.82, 2.24) is 4.98 Å². The summed E-state index contributed by atoms with van der Waals surface area (Å²) in [4.78, 5) is 14.7. The summed E-state index contributed by atoms with van der Waals surface area (Å²) in [5.74, 6) is -0.275. The first-order chi connectivity index (χ1) is 7.13. The number of carbonyl (C=O) groups is 1. The number of aromatic nitrogens is 1. The summed E-state index contributed by atoms with van der Waals surface area (Å²) >= 11 is 9.05. The Morgan fingerprint density at radius 2 is 2.47 bits per heavy atom. The molecule has 80 valence electrons. The van der Waals surface area contributed by atoms with Gasteiger partial charge in [0.2, 0.25) is 0 Å². The first-order valence-electron chi connectivity index (χ1n) is 4.18. The number of hydrogen-bond donors (Lipinski definition) is 0. The normalized spacial score (nSPS) is 10.6. The van der Waals surface area contributed by atoms with Crippen LogP contribution in [0.2, 0.25) is 5.15 Å².